The molecular formula is C20H39N7O5. The Morgan fingerprint density at radius 3 is 1.84 bits per heavy atom. The Kier molecular flexibility index (Phi) is 13.6. The van der Waals surface area contributed by atoms with Crippen LogP contribution in [0.2, 0.25) is 0 Å². The van der Waals surface area contributed by atoms with E-state index in [9.17, 15) is 24.3 Å². The van der Waals surface area contributed by atoms with Crippen molar-refractivity contribution in [3.63, 3.8) is 0 Å². The van der Waals surface area contributed by atoms with Crippen LogP contribution in [0.3, 0.4) is 0 Å². The van der Waals surface area contributed by atoms with E-state index in [-0.39, 0.29) is 37.3 Å². The average molecular weight is 458 g/mol. The molecule has 3 amide bonds. The van der Waals surface area contributed by atoms with E-state index in [4.69, 9.17) is 17.2 Å². The lowest BCUT2D eigenvalue weighted by Crippen LogP contribution is -2.59. The first-order valence-corrected chi connectivity index (χ1v) is 10.9. The summed E-state index contributed by atoms with van der Waals surface area (Å²) in [5.74, 6) is -3.41. The number of rotatable bonds is 15. The molecule has 10 N–H and O–H groups in total. The highest BCUT2D eigenvalue weighted by atomic mass is 16.4. The van der Waals surface area contributed by atoms with Crippen LogP contribution in [-0.4, -0.2) is 66.0 Å². The van der Waals surface area contributed by atoms with Crippen LogP contribution in [0, 0.1) is 11.8 Å². The molecule has 12 nitrogen and oxygen atoms in total. The van der Waals surface area contributed by atoms with Crippen molar-refractivity contribution in [2.45, 2.75) is 71.5 Å². The SMILES string of the molecule is CCC(C)C(NC(=O)CN)C(=O)NC(C(=O)NC(CCCN=C(N)N)C(=O)O)C(C)CC. The highest BCUT2D eigenvalue weighted by Gasteiger charge is 2.33. The quantitative estimate of drug-likeness (QED) is 0.0882. The monoisotopic (exact) mass is 457 g/mol. The van der Waals surface area contributed by atoms with Crippen LogP contribution in [0.1, 0.15) is 53.4 Å². The van der Waals surface area contributed by atoms with Gasteiger partial charge >= 0.3 is 5.97 Å². The van der Waals surface area contributed by atoms with Gasteiger partial charge in [-0.15, -0.1) is 0 Å². The minimum Gasteiger partial charge on any atom is -0.480 e. The van der Waals surface area contributed by atoms with E-state index in [0.29, 0.717) is 19.3 Å². The molecule has 0 aromatic heterocycles. The highest BCUT2D eigenvalue weighted by Crippen LogP contribution is 2.13. The maximum Gasteiger partial charge on any atom is 0.326 e. The highest BCUT2D eigenvalue weighted by molar-refractivity contribution is 5.93. The Bertz CT molecular complexity index is 667. The summed E-state index contributed by atoms with van der Waals surface area (Å²) in [5, 5.41) is 17.2. The molecule has 0 fully saturated rings. The number of hydrogen-bond donors (Lipinski definition) is 7. The Morgan fingerprint density at radius 1 is 0.906 bits per heavy atom. The molecule has 0 aromatic rings. The van der Waals surface area contributed by atoms with Crippen LogP contribution >= 0.6 is 0 Å². The second-order valence-corrected chi connectivity index (χ2v) is 7.85. The van der Waals surface area contributed by atoms with E-state index in [1.54, 1.807) is 13.8 Å². The number of nitrogens with one attached hydrogen (secondary N) is 3. The van der Waals surface area contributed by atoms with Crippen LogP contribution in [-0.2, 0) is 19.2 Å². The molecule has 5 atom stereocenters. The molecule has 12 heteroatoms. The molecule has 184 valence electrons. The fourth-order valence-electron chi connectivity index (χ4n) is 2.90. The maximum absolute atomic E-state index is 12.9. The molecule has 0 rings (SSSR count). The summed E-state index contributed by atoms with van der Waals surface area (Å²) < 4.78 is 0. The Balaban J connectivity index is 5.41. The Labute approximate surface area is 189 Å². The van der Waals surface area contributed by atoms with Gasteiger partial charge in [0.2, 0.25) is 17.7 Å². The van der Waals surface area contributed by atoms with Gasteiger partial charge in [0.05, 0.1) is 6.54 Å². The molecular weight excluding hydrogens is 418 g/mol. The van der Waals surface area contributed by atoms with Gasteiger partial charge in [0.15, 0.2) is 5.96 Å². The lowest BCUT2D eigenvalue weighted by atomic mass is 9.94. The topological polar surface area (TPSA) is 215 Å². The molecule has 0 aliphatic carbocycles. The number of hydrogen-bond acceptors (Lipinski definition) is 6. The van der Waals surface area contributed by atoms with Gasteiger partial charge in [0.25, 0.3) is 0 Å². The molecule has 0 aromatic carbocycles. The number of aliphatic carboxylic acids is 1. The third-order valence-electron chi connectivity index (χ3n) is 5.35. The van der Waals surface area contributed by atoms with Gasteiger partial charge in [-0.1, -0.05) is 40.5 Å². The second-order valence-electron chi connectivity index (χ2n) is 7.85. The Hall–Kier alpha value is -2.89. The number of nitrogens with zero attached hydrogens (tertiary/aromatic N) is 1. The summed E-state index contributed by atoms with van der Waals surface area (Å²) in [6.45, 7) is 7.26. The number of aliphatic imine (C=N–C) groups is 1. The van der Waals surface area contributed by atoms with Crippen molar-refractivity contribution in [2.24, 2.45) is 34.0 Å². The molecule has 0 bridgehead atoms. The van der Waals surface area contributed by atoms with E-state index in [0.717, 1.165) is 0 Å². The van der Waals surface area contributed by atoms with Crippen LogP contribution in [0.25, 0.3) is 0 Å². The van der Waals surface area contributed by atoms with Crippen LogP contribution in [0.5, 0.6) is 0 Å². The minimum absolute atomic E-state index is 0.0990. The molecule has 5 unspecified atom stereocenters. The van der Waals surface area contributed by atoms with Gasteiger partial charge in [-0.05, 0) is 24.7 Å². The van der Waals surface area contributed by atoms with Gasteiger partial charge < -0.3 is 38.3 Å². The molecule has 32 heavy (non-hydrogen) atoms. The van der Waals surface area contributed by atoms with Crippen molar-refractivity contribution < 1.29 is 24.3 Å². The third-order valence-corrected chi connectivity index (χ3v) is 5.35. The average Bonchev–Trinajstić information content (AvgIpc) is 2.75. The smallest absolute Gasteiger partial charge is 0.326 e. The molecule has 0 aliphatic heterocycles. The number of carboxylic acid groups (broad SMARTS) is 1. The largest absolute Gasteiger partial charge is 0.480 e. The van der Waals surface area contributed by atoms with Crippen LogP contribution < -0.4 is 33.2 Å². The zero-order valence-electron chi connectivity index (χ0n) is 19.4. The van der Waals surface area contributed by atoms with Gasteiger partial charge in [0, 0.05) is 6.54 Å². The van der Waals surface area contributed by atoms with E-state index >= 15 is 0 Å². The summed E-state index contributed by atoms with van der Waals surface area (Å²) in [6.07, 6.45) is 1.63. The molecule has 0 saturated carbocycles. The summed E-state index contributed by atoms with van der Waals surface area (Å²) in [7, 11) is 0. The van der Waals surface area contributed by atoms with Gasteiger partial charge in [-0.3, -0.25) is 19.4 Å². The summed E-state index contributed by atoms with van der Waals surface area (Å²) in [4.78, 5) is 53.0. The van der Waals surface area contributed by atoms with Gasteiger partial charge in [-0.2, -0.15) is 0 Å². The summed E-state index contributed by atoms with van der Waals surface area (Å²) in [6, 6.07) is -3.01. The van der Waals surface area contributed by atoms with E-state index in [2.05, 4.69) is 20.9 Å². The Morgan fingerprint density at radius 2 is 1.41 bits per heavy atom. The number of amides is 3. The predicted molar refractivity (Wildman–Crippen MR) is 121 cm³/mol. The van der Waals surface area contributed by atoms with Crippen LogP contribution in [0.4, 0.5) is 0 Å². The number of nitrogens with two attached hydrogens (primary N) is 3. The summed E-state index contributed by atoms with van der Waals surface area (Å²) in [5.41, 5.74) is 15.8. The van der Waals surface area contributed by atoms with Crippen molar-refractivity contribution in [3.05, 3.63) is 0 Å². The second kappa shape index (κ2) is 15.0. The normalized spacial score (nSPS) is 15.4. The minimum atomic E-state index is -1.20. The van der Waals surface area contributed by atoms with Crippen molar-refractivity contribution in [1.82, 2.24) is 16.0 Å². The molecule has 0 aliphatic rings. The molecule has 0 spiro atoms. The van der Waals surface area contributed by atoms with Crippen molar-refractivity contribution >= 4 is 29.7 Å². The lowest BCUT2D eigenvalue weighted by Gasteiger charge is -2.29. The number of carbonyl (C=O) groups excluding carboxylic acids is 3. The number of guanidine groups is 1. The standard InChI is InChI=1S/C20H39N7O5/c1-5-11(3)15(26-14(28)10-21)18(30)27-16(12(4)6-2)17(29)25-13(19(31)32)8-7-9-24-20(22)23/h11-13,15-16H,5-10,21H2,1-4H3,(H,25,29)(H,26,28)(H,27,30)(H,31,32)(H4,22,23,24). The predicted octanol–water partition coefficient (Wildman–Crippen LogP) is -1.37. The van der Waals surface area contributed by atoms with Gasteiger partial charge in [0.1, 0.15) is 18.1 Å². The van der Waals surface area contributed by atoms with Gasteiger partial charge in [-0.25, -0.2) is 4.79 Å². The van der Waals surface area contributed by atoms with E-state index in [1.165, 1.54) is 0 Å². The van der Waals surface area contributed by atoms with E-state index < -0.39 is 41.8 Å². The van der Waals surface area contributed by atoms with Crippen molar-refractivity contribution in [3.8, 4) is 0 Å². The lowest BCUT2D eigenvalue weighted by molar-refractivity contribution is -0.143. The zero-order chi connectivity index (χ0) is 24.8. The third kappa shape index (κ3) is 10.4. The van der Waals surface area contributed by atoms with Crippen molar-refractivity contribution in [2.75, 3.05) is 13.1 Å². The maximum atomic E-state index is 12.9. The molecule has 0 saturated heterocycles. The first-order chi connectivity index (χ1) is 15.0. The number of carbonyl (C=O) groups is 4. The zero-order valence-corrected chi connectivity index (χ0v) is 19.4. The van der Waals surface area contributed by atoms with E-state index in [1.807, 2.05) is 13.8 Å². The summed E-state index contributed by atoms with van der Waals surface area (Å²) >= 11 is 0. The van der Waals surface area contributed by atoms with Crippen molar-refractivity contribution in [1.29, 1.82) is 0 Å². The molecule has 0 radical (unpaired) electrons. The first kappa shape index (κ1) is 29.1. The fourth-order valence-corrected chi connectivity index (χ4v) is 2.90. The fraction of sp³-hybridized carbons (Fsp3) is 0.750. The number of carboxylic acids is 1. The van der Waals surface area contributed by atoms with Crippen LogP contribution in [0.15, 0.2) is 4.99 Å². The first-order valence-electron chi connectivity index (χ1n) is 10.9. The molecule has 0 heterocycles.